The van der Waals surface area contributed by atoms with Crippen LogP contribution in [0.2, 0.25) is 0 Å². The van der Waals surface area contributed by atoms with Gasteiger partial charge in [-0.3, -0.25) is 14.9 Å². The van der Waals surface area contributed by atoms with Crippen LogP contribution >= 0.6 is 38.5 Å². The first-order valence-electron chi connectivity index (χ1n) is 11.1. The Balaban J connectivity index is 1.67. The van der Waals surface area contributed by atoms with Crippen molar-refractivity contribution in [2.75, 3.05) is 11.5 Å². The molecule has 0 aliphatic carbocycles. The molecule has 0 unspecified atom stereocenters. The fraction of sp³-hybridized carbons (Fsp3) is 0.111. The average molecular weight is 672 g/mol. The molecule has 3 aromatic carbocycles. The van der Waals surface area contributed by atoms with E-state index in [2.05, 4.69) is 49.9 Å². The van der Waals surface area contributed by atoms with E-state index >= 15 is 0 Å². The fourth-order valence-corrected chi connectivity index (χ4v) is 4.67. The number of rotatable bonds is 7. The average Bonchev–Trinajstić information content (AvgIpc) is 2.87. The molecule has 1 aliphatic rings. The lowest BCUT2D eigenvalue weighted by Gasteiger charge is -2.26. The summed E-state index contributed by atoms with van der Waals surface area (Å²) in [6.07, 6.45) is 1.41. The van der Waals surface area contributed by atoms with Crippen LogP contribution in [0.25, 0.3) is 6.08 Å². The fourth-order valence-electron chi connectivity index (χ4n) is 3.63. The number of amides is 4. The maximum absolute atomic E-state index is 13.2. The lowest BCUT2D eigenvalue weighted by molar-refractivity contribution is -0.122. The first-order valence-corrected chi connectivity index (χ1v) is 12.9. The Morgan fingerprint density at radius 2 is 1.81 bits per heavy atom. The lowest BCUT2D eigenvalue weighted by atomic mass is 10.1. The third kappa shape index (κ3) is 5.84. The van der Waals surface area contributed by atoms with Gasteiger partial charge in [-0.05, 0) is 83.6 Å². The summed E-state index contributed by atoms with van der Waals surface area (Å²) in [7, 11) is 0. The van der Waals surface area contributed by atoms with E-state index < -0.39 is 17.8 Å². The van der Waals surface area contributed by atoms with Gasteiger partial charge in [0.15, 0.2) is 11.5 Å². The summed E-state index contributed by atoms with van der Waals surface area (Å²) in [4.78, 5) is 39.2. The minimum atomic E-state index is -0.819. The second-order valence-corrected chi connectivity index (χ2v) is 9.83. The van der Waals surface area contributed by atoms with Crippen molar-refractivity contribution >= 4 is 68.1 Å². The molecule has 1 saturated heterocycles. The zero-order valence-electron chi connectivity index (χ0n) is 19.5. The molecule has 0 spiro atoms. The van der Waals surface area contributed by atoms with Crippen molar-refractivity contribution in [1.29, 1.82) is 5.26 Å². The number of imide groups is 2. The standard InChI is InChI=1S/C27H19BrIN3O5/c1-2-36-23-13-16(12-22(29)24(23)37-15-18-6-4-3-5-17(18)14-30)11-21-25(33)31-27(35)32(26(21)34)20-9-7-19(28)8-10-20/h3-13H,2,15H2,1H3,(H,31,33,35)/b21-11+. The van der Waals surface area contributed by atoms with E-state index in [1.807, 2.05) is 19.1 Å². The van der Waals surface area contributed by atoms with Crippen LogP contribution in [-0.4, -0.2) is 24.5 Å². The van der Waals surface area contributed by atoms with Crippen molar-refractivity contribution in [3.05, 3.63) is 91.0 Å². The molecule has 37 heavy (non-hydrogen) atoms. The van der Waals surface area contributed by atoms with Crippen LogP contribution in [0.3, 0.4) is 0 Å². The number of carbonyl (C=O) groups is 3. The molecule has 0 bridgehead atoms. The van der Waals surface area contributed by atoms with Crippen molar-refractivity contribution in [2.24, 2.45) is 0 Å². The molecule has 1 N–H and O–H groups in total. The lowest BCUT2D eigenvalue weighted by Crippen LogP contribution is -2.54. The summed E-state index contributed by atoms with van der Waals surface area (Å²) in [5.74, 6) is -0.633. The summed E-state index contributed by atoms with van der Waals surface area (Å²) < 4.78 is 13.3. The van der Waals surface area contributed by atoms with Gasteiger partial charge in [0.2, 0.25) is 0 Å². The third-order valence-corrected chi connectivity index (χ3v) is 6.67. The van der Waals surface area contributed by atoms with E-state index in [-0.39, 0.29) is 12.2 Å². The maximum atomic E-state index is 13.2. The molecule has 0 radical (unpaired) electrons. The zero-order valence-corrected chi connectivity index (χ0v) is 23.2. The Kier molecular flexibility index (Phi) is 8.25. The molecule has 3 aromatic rings. The van der Waals surface area contributed by atoms with E-state index in [1.165, 1.54) is 6.08 Å². The Morgan fingerprint density at radius 3 is 2.51 bits per heavy atom. The van der Waals surface area contributed by atoms with Crippen molar-refractivity contribution in [3.63, 3.8) is 0 Å². The van der Waals surface area contributed by atoms with Gasteiger partial charge in [-0.1, -0.05) is 34.1 Å². The van der Waals surface area contributed by atoms with Crippen LogP contribution in [0, 0.1) is 14.9 Å². The van der Waals surface area contributed by atoms with Gasteiger partial charge in [0, 0.05) is 10.0 Å². The van der Waals surface area contributed by atoms with Gasteiger partial charge in [-0.2, -0.15) is 5.26 Å². The Bertz CT molecular complexity index is 1460. The van der Waals surface area contributed by atoms with Gasteiger partial charge in [-0.25, -0.2) is 9.69 Å². The monoisotopic (exact) mass is 671 g/mol. The number of halogens is 2. The Hall–Kier alpha value is -3.69. The molecular formula is C27H19BrIN3O5. The number of carbonyl (C=O) groups excluding carboxylic acids is 3. The molecule has 1 heterocycles. The van der Waals surface area contributed by atoms with Gasteiger partial charge in [-0.15, -0.1) is 0 Å². The maximum Gasteiger partial charge on any atom is 0.335 e. The van der Waals surface area contributed by atoms with Gasteiger partial charge < -0.3 is 9.47 Å². The second kappa shape index (κ2) is 11.6. The number of nitriles is 1. The van der Waals surface area contributed by atoms with E-state index in [4.69, 9.17) is 9.47 Å². The number of hydrogen-bond donors (Lipinski definition) is 1. The third-order valence-electron chi connectivity index (χ3n) is 5.34. The summed E-state index contributed by atoms with van der Waals surface area (Å²) in [5, 5.41) is 11.6. The van der Waals surface area contributed by atoms with Crippen LogP contribution < -0.4 is 19.7 Å². The molecule has 186 valence electrons. The molecule has 8 nitrogen and oxygen atoms in total. The molecule has 0 saturated carbocycles. The van der Waals surface area contributed by atoms with Gasteiger partial charge >= 0.3 is 6.03 Å². The Labute approximate surface area is 235 Å². The summed E-state index contributed by atoms with van der Waals surface area (Å²) >= 11 is 5.40. The molecule has 0 aromatic heterocycles. The number of urea groups is 1. The molecule has 1 fully saturated rings. The number of benzene rings is 3. The highest BCUT2D eigenvalue weighted by molar-refractivity contribution is 14.1. The first kappa shape index (κ1) is 26.4. The van der Waals surface area contributed by atoms with E-state index in [9.17, 15) is 19.6 Å². The highest BCUT2D eigenvalue weighted by Gasteiger charge is 2.36. The van der Waals surface area contributed by atoms with E-state index in [0.29, 0.717) is 38.5 Å². The number of ether oxygens (including phenoxy) is 2. The highest BCUT2D eigenvalue weighted by Crippen LogP contribution is 2.36. The van der Waals surface area contributed by atoms with Crippen molar-refractivity contribution in [2.45, 2.75) is 13.5 Å². The van der Waals surface area contributed by atoms with Crippen molar-refractivity contribution in [1.82, 2.24) is 5.32 Å². The molecule has 1 aliphatic heterocycles. The largest absolute Gasteiger partial charge is 0.490 e. The minimum absolute atomic E-state index is 0.158. The van der Waals surface area contributed by atoms with Crippen molar-refractivity contribution < 1.29 is 23.9 Å². The number of hydrogen-bond acceptors (Lipinski definition) is 6. The second-order valence-electron chi connectivity index (χ2n) is 7.75. The molecular weight excluding hydrogens is 653 g/mol. The number of anilines is 1. The summed E-state index contributed by atoms with van der Waals surface area (Å²) in [6.45, 7) is 2.34. The Morgan fingerprint density at radius 1 is 1.08 bits per heavy atom. The number of nitrogens with one attached hydrogen (secondary N) is 1. The predicted molar refractivity (Wildman–Crippen MR) is 149 cm³/mol. The van der Waals surface area contributed by atoms with Crippen LogP contribution in [-0.2, 0) is 16.2 Å². The van der Waals surface area contributed by atoms with E-state index in [1.54, 1.807) is 48.5 Å². The van der Waals surface area contributed by atoms with Gasteiger partial charge in [0.25, 0.3) is 11.8 Å². The minimum Gasteiger partial charge on any atom is -0.490 e. The number of barbiturate groups is 1. The predicted octanol–water partition coefficient (Wildman–Crippen LogP) is 5.57. The first-order chi connectivity index (χ1) is 17.8. The summed E-state index contributed by atoms with van der Waals surface area (Å²) in [6, 6.07) is 18.5. The van der Waals surface area contributed by atoms with Gasteiger partial charge in [0.05, 0.1) is 27.5 Å². The topological polar surface area (TPSA) is 109 Å². The van der Waals surface area contributed by atoms with Crippen LogP contribution in [0.15, 0.2) is 70.7 Å². The molecule has 4 rings (SSSR count). The zero-order chi connectivity index (χ0) is 26.5. The number of nitrogens with zero attached hydrogens (tertiary/aromatic N) is 2. The SMILES string of the molecule is CCOc1cc(/C=C2\C(=O)NC(=O)N(c3ccc(Br)cc3)C2=O)cc(I)c1OCc1ccccc1C#N. The van der Waals surface area contributed by atoms with Gasteiger partial charge in [0.1, 0.15) is 12.2 Å². The van der Waals surface area contributed by atoms with Crippen LogP contribution in [0.5, 0.6) is 11.5 Å². The van der Waals surface area contributed by atoms with Crippen LogP contribution in [0.1, 0.15) is 23.6 Å². The molecule has 10 heteroatoms. The highest BCUT2D eigenvalue weighted by atomic mass is 127. The van der Waals surface area contributed by atoms with Crippen molar-refractivity contribution in [3.8, 4) is 17.6 Å². The summed E-state index contributed by atoms with van der Waals surface area (Å²) in [5.41, 5.74) is 1.90. The van der Waals surface area contributed by atoms with Crippen LogP contribution in [0.4, 0.5) is 10.5 Å². The molecule has 0 atom stereocenters. The normalized spacial score (nSPS) is 14.4. The molecule has 4 amide bonds. The van der Waals surface area contributed by atoms with E-state index in [0.717, 1.165) is 14.9 Å². The quantitative estimate of drug-likeness (QED) is 0.200. The smallest absolute Gasteiger partial charge is 0.335 e.